The average Bonchev–Trinajstić information content (AvgIpc) is 3.93. The molecule has 0 saturated carbocycles. The summed E-state index contributed by atoms with van der Waals surface area (Å²) in [5, 5.41) is 32.3. The van der Waals surface area contributed by atoms with Crippen LogP contribution in [-0.4, -0.2) is 53.4 Å². The molecule has 2 aromatic carbocycles. The van der Waals surface area contributed by atoms with Gasteiger partial charge in [0.05, 0.1) is 46.4 Å². The van der Waals surface area contributed by atoms with Crippen molar-refractivity contribution in [2.24, 2.45) is 0 Å². The van der Waals surface area contributed by atoms with Gasteiger partial charge in [-0.3, -0.25) is 24.5 Å². The van der Waals surface area contributed by atoms with Crippen LogP contribution in [0.25, 0.3) is 0 Å². The van der Waals surface area contributed by atoms with Crippen molar-refractivity contribution in [1.29, 1.82) is 0 Å². The number of aromatic nitrogens is 4. The molecule has 6 aromatic rings. The third-order valence-corrected chi connectivity index (χ3v) is 7.86. The fourth-order valence-corrected chi connectivity index (χ4v) is 4.75. The second kappa shape index (κ2) is 19.2. The molecule has 0 aliphatic carbocycles. The molecule has 0 saturated heterocycles. The van der Waals surface area contributed by atoms with Crippen LogP contribution in [-0.2, 0) is 12.8 Å². The number of nitro benzene ring substituents is 1. The standard InChI is InChI=1S/C13H12N2O4.C13H14N2O2.C5H4ClNO2.C5H5NO3/c1-8-5-11(15(17)18)4-3-10(8)6-13(16)12-7-14-19-9(12)2;1-8-5-11(14)4-3-10(8)6-13(16)12-7-15-17-9(12)2;1-3-4(5(6)8)2-7-9-3;1-3-4(5(7)8)2-6-9-3/h3-5,7H,6H2,1-2H3;3-5,7H,6,14H2,1-2H3;2H,1H3;2H,1H3,(H,7,8). The van der Waals surface area contributed by atoms with Crippen molar-refractivity contribution in [3.8, 4) is 0 Å². The highest BCUT2D eigenvalue weighted by Gasteiger charge is 2.17. The van der Waals surface area contributed by atoms with Crippen LogP contribution < -0.4 is 5.73 Å². The van der Waals surface area contributed by atoms with E-state index in [9.17, 15) is 29.3 Å². The number of halogens is 1. The van der Waals surface area contributed by atoms with Gasteiger partial charge in [0, 0.05) is 30.7 Å². The lowest BCUT2D eigenvalue weighted by atomic mass is 9.99. The molecule has 0 bridgehead atoms. The van der Waals surface area contributed by atoms with Gasteiger partial charge < -0.3 is 28.9 Å². The fraction of sp³-hybridized carbons (Fsp3) is 0.222. The van der Waals surface area contributed by atoms with E-state index in [1.54, 1.807) is 46.8 Å². The number of carboxylic acid groups (broad SMARTS) is 1. The summed E-state index contributed by atoms with van der Waals surface area (Å²) in [4.78, 5) is 54.8. The second-order valence-corrected chi connectivity index (χ2v) is 11.9. The highest BCUT2D eigenvalue weighted by atomic mass is 35.5. The molecule has 6 rings (SSSR count). The Morgan fingerprint density at radius 2 is 1.06 bits per heavy atom. The number of nitrogens with zero attached hydrogens (tertiary/aromatic N) is 5. The van der Waals surface area contributed by atoms with Gasteiger partial charge in [-0.05, 0) is 87.5 Å². The Labute approximate surface area is 312 Å². The van der Waals surface area contributed by atoms with E-state index < -0.39 is 16.1 Å². The summed E-state index contributed by atoms with van der Waals surface area (Å²) in [5.41, 5.74) is 11.3. The van der Waals surface area contributed by atoms with Crippen LogP contribution in [0.15, 0.2) is 79.3 Å². The Kier molecular flexibility index (Phi) is 14.8. The number of hydrogen-bond acceptors (Lipinski definition) is 15. The molecular weight excluding hydrogens is 728 g/mol. The Balaban J connectivity index is 0.000000204. The Hall–Kier alpha value is -6.75. The van der Waals surface area contributed by atoms with Crippen LogP contribution in [0.2, 0.25) is 0 Å². The number of non-ortho nitro benzene ring substituents is 1. The maximum atomic E-state index is 12.0. The van der Waals surface area contributed by atoms with Gasteiger partial charge in [-0.1, -0.05) is 32.8 Å². The second-order valence-electron chi connectivity index (χ2n) is 11.5. The predicted octanol–water partition coefficient (Wildman–Crippen LogP) is 6.97. The molecule has 0 amide bonds. The zero-order chi connectivity index (χ0) is 40.1. The van der Waals surface area contributed by atoms with Gasteiger partial charge in [0.2, 0.25) is 0 Å². The number of nitrogens with two attached hydrogens (primary N) is 1. The van der Waals surface area contributed by atoms with Crippen LogP contribution in [0.5, 0.6) is 0 Å². The lowest BCUT2D eigenvalue weighted by molar-refractivity contribution is -0.384. The maximum absolute atomic E-state index is 12.0. The van der Waals surface area contributed by atoms with Crippen molar-refractivity contribution in [1.82, 2.24) is 20.6 Å². The number of carbonyl (C=O) groups excluding carboxylic acids is 3. The molecule has 54 heavy (non-hydrogen) atoms. The Morgan fingerprint density at radius 3 is 1.35 bits per heavy atom. The normalized spacial score (nSPS) is 10.1. The zero-order valence-electron chi connectivity index (χ0n) is 29.9. The molecule has 4 aromatic heterocycles. The minimum atomic E-state index is -1.01. The molecule has 18 heteroatoms. The number of Topliss-reactive ketones (excluding diaryl/α,β-unsaturated/α-hetero) is 2. The van der Waals surface area contributed by atoms with Crippen molar-refractivity contribution in [2.75, 3.05) is 5.73 Å². The third kappa shape index (κ3) is 11.6. The molecule has 0 atom stereocenters. The third-order valence-electron chi connectivity index (χ3n) is 7.65. The highest BCUT2D eigenvalue weighted by molar-refractivity contribution is 6.67. The smallest absolute Gasteiger partial charge is 0.340 e. The van der Waals surface area contributed by atoms with Crippen molar-refractivity contribution < 1.29 is 47.3 Å². The summed E-state index contributed by atoms with van der Waals surface area (Å²) < 4.78 is 18.8. The molecular formula is C36H35ClN6O11. The van der Waals surface area contributed by atoms with E-state index in [0.717, 1.165) is 22.3 Å². The van der Waals surface area contributed by atoms with Crippen LogP contribution in [0, 0.1) is 51.7 Å². The summed E-state index contributed by atoms with van der Waals surface area (Å²) >= 11 is 5.11. The van der Waals surface area contributed by atoms with Gasteiger partial charge in [-0.2, -0.15) is 0 Å². The number of benzene rings is 2. The topological polar surface area (TPSA) is 262 Å². The minimum Gasteiger partial charge on any atom is -0.478 e. The molecule has 4 heterocycles. The summed E-state index contributed by atoms with van der Waals surface area (Å²) in [7, 11) is 0. The number of aryl methyl sites for hydroxylation is 6. The van der Waals surface area contributed by atoms with E-state index in [0.29, 0.717) is 51.8 Å². The summed E-state index contributed by atoms with van der Waals surface area (Å²) in [6.07, 6.45) is 5.84. The zero-order valence-corrected chi connectivity index (χ0v) is 30.7. The van der Waals surface area contributed by atoms with Gasteiger partial charge >= 0.3 is 5.97 Å². The number of hydrogen-bond donors (Lipinski definition) is 2. The number of nitro groups is 1. The monoisotopic (exact) mass is 762 g/mol. The van der Waals surface area contributed by atoms with Crippen LogP contribution in [0.4, 0.5) is 11.4 Å². The van der Waals surface area contributed by atoms with Crippen molar-refractivity contribution >= 4 is 45.8 Å². The lowest BCUT2D eigenvalue weighted by Gasteiger charge is -2.05. The first-order valence-electron chi connectivity index (χ1n) is 15.7. The number of carboxylic acids is 1. The number of anilines is 1. The van der Waals surface area contributed by atoms with Crippen molar-refractivity contribution in [2.45, 2.75) is 54.4 Å². The van der Waals surface area contributed by atoms with Crippen molar-refractivity contribution in [3.63, 3.8) is 0 Å². The van der Waals surface area contributed by atoms with E-state index in [-0.39, 0.29) is 29.2 Å². The van der Waals surface area contributed by atoms with E-state index >= 15 is 0 Å². The van der Waals surface area contributed by atoms with E-state index in [2.05, 4.69) is 29.7 Å². The summed E-state index contributed by atoms with van der Waals surface area (Å²) in [6, 6.07) is 10.0. The maximum Gasteiger partial charge on any atom is 0.340 e. The first-order valence-corrected chi connectivity index (χ1v) is 16.1. The van der Waals surface area contributed by atoms with Gasteiger partial charge in [-0.15, -0.1) is 0 Å². The summed E-state index contributed by atoms with van der Waals surface area (Å²) in [6.45, 7) is 10.3. The van der Waals surface area contributed by atoms with E-state index in [4.69, 9.17) is 31.5 Å². The van der Waals surface area contributed by atoms with Crippen LogP contribution in [0.3, 0.4) is 0 Å². The molecule has 3 N–H and O–H groups in total. The van der Waals surface area contributed by atoms with Crippen LogP contribution in [0.1, 0.15) is 86.7 Å². The van der Waals surface area contributed by atoms with E-state index in [1.165, 1.54) is 36.9 Å². The molecule has 0 aliphatic rings. The summed E-state index contributed by atoms with van der Waals surface area (Å²) in [5.74, 6) is 0.714. The quantitative estimate of drug-likeness (QED) is 0.0495. The molecule has 17 nitrogen and oxygen atoms in total. The number of ketones is 2. The highest BCUT2D eigenvalue weighted by Crippen LogP contribution is 2.20. The van der Waals surface area contributed by atoms with E-state index in [1.807, 2.05) is 19.1 Å². The number of nitrogen functional groups attached to an aromatic ring is 1. The largest absolute Gasteiger partial charge is 0.478 e. The number of carbonyl (C=O) groups is 4. The number of aromatic carboxylic acids is 1. The average molecular weight is 763 g/mol. The van der Waals surface area contributed by atoms with Gasteiger partial charge in [-0.25, -0.2) is 4.79 Å². The first kappa shape index (κ1) is 41.7. The van der Waals surface area contributed by atoms with Crippen LogP contribution >= 0.6 is 11.6 Å². The molecule has 0 fully saturated rings. The molecule has 0 unspecified atom stereocenters. The van der Waals surface area contributed by atoms with Gasteiger partial charge in [0.1, 0.15) is 28.6 Å². The molecule has 0 radical (unpaired) electrons. The fourth-order valence-electron chi connectivity index (χ4n) is 4.57. The molecule has 0 aliphatic heterocycles. The Bertz CT molecular complexity index is 2220. The lowest BCUT2D eigenvalue weighted by Crippen LogP contribution is -2.05. The Morgan fingerprint density at radius 1 is 0.667 bits per heavy atom. The predicted molar refractivity (Wildman–Crippen MR) is 192 cm³/mol. The SMILES string of the molecule is Cc1cc(N)ccc1CC(=O)c1cnoc1C.Cc1cc([N+](=O)[O-])ccc1CC(=O)c1cnoc1C.Cc1oncc1C(=O)Cl.Cc1oncc1C(=O)O. The van der Waals surface area contributed by atoms with Gasteiger partial charge in [0.15, 0.2) is 11.6 Å². The number of rotatable bonds is 9. The first-order chi connectivity index (χ1) is 25.5. The molecule has 0 spiro atoms. The van der Waals surface area contributed by atoms with Crippen molar-refractivity contribution in [3.05, 3.63) is 139 Å². The minimum absolute atomic E-state index is 0.0108. The van der Waals surface area contributed by atoms with Gasteiger partial charge in [0.25, 0.3) is 10.9 Å². The molecule has 282 valence electrons.